The Kier molecular flexibility index (Phi) is 6.30. The number of amidine groups is 1. The van der Waals surface area contributed by atoms with Gasteiger partial charge >= 0.3 is 0 Å². The van der Waals surface area contributed by atoms with Gasteiger partial charge in [0.15, 0.2) is 17.3 Å². The van der Waals surface area contributed by atoms with E-state index in [0.29, 0.717) is 30.3 Å². The second-order valence-corrected chi connectivity index (χ2v) is 5.14. The molecule has 0 fully saturated rings. The van der Waals surface area contributed by atoms with Crippen LogP contribution in [0.1, 0.15) is 32.8 Å². The van der Waals surface area contributed by atoms with Gasteiger partial charge in [-0.05, 0) is 39.0 Å². The van der Waals surface area contributed by atoms with Crippen molar-refractivity contribution in [2.45, 2.75) is 32.8 Å². The Bertz CT molecular complexity index is 487. The van der Waals surface area contributed by atoms with Crippen molar-refractivity contribution in [2.24, 2.45) is 10.9 Å². The minimum Gasteiger partial charge on any atom is -0.490 e. The van der Waals surface area contributed by atoms with Crippen LogP contribution in [-0.2, 0) is 4.74 Å². The normalized spacial score (nSPS) is 12.3. The Morgan fingerprint density at radius 3 is 2.57 bits per heavy atom. The summed E-state index contributed by atoms with van der Waals surface area (Å²) < 4.78 is 16.6. The number of hydrogen-bond acceptors (Lipinski definition) is 5. The largest absolute Gasteiger partial charge is 0.490 e. The van der Waals surface area contributed by atoms with E-state index in [1.54, 1.807) is 25.3 Å². The highest BCUT2D eigenvalue weighted by molar-refractivity contribution is 5.97. The van der Waals surface area contributed by atoms with Crippen LogP contribution in [0.4, 0.5) is 0 Å². The fraction of sp³-hybridized carbons (Fsp3) is 0.533. The molecular formula is C15H24N2O4. The third-order valence-electron chi connectivity index (χ3n) is 3.16. The van der Waals surface area contributed by atoms with Gasteiger partial charge in [0.1, 0.15) is 0 Å². The summed E-state index contributed by atoms with van der Waals surface area (Å²) in [7, 11) is 1.68. The Hall–Kier alpha value is -1.95. The average Bonchev–Trinajstić information content (AvgIpc) is 2.48. The predicted molar refractivity (Wildman–Crippen MR) is 81.3 cm³/mol. The smallest absolute Gasteiger partial charge is 0.170 e. The Labute approximate surface area is 125 Å². The summed E-state index contributed by atoms with van der Waals surface area (Å²) >= 11 is 0. The van der Waals surface area contributed by atoms with Crippen LogP contribution >= 0.6 is 0 Å². The molecule has 1 rings (SSSR count). The maximum atomic E-state index is 8.71. The Morgan fingerprint density at radius 2 is 2.00 bits per heavy atom. The molecule has 1 aromatic carbocycles. The van der Waals surface area contributed by atoms with E-state index in [2.05, 4.69) is 5.16 Å². The molecule has 0 aliphatic carbocycles. The molecule has 0 bridgehead atoms. The molecule has 118 valence electrons. The monoisotopic (exact) mass is 296 g/mol. The number of ether oxygens (including phenoxy) is 3. The number of benzene rings is 1. The minimum absolute atomic E-state index is 0.0306. The van der Waals surface area contributed by atoms with E-state index in [0.717, 1.165) is 6.42 Å². The number of nitrogens with two attached hydrogens (primary N) is 1. The molecule has 0 aliphatic rings. The fourth-order valence-corrected chi connectivity index (χ4v) is 1.62. The minimum atomic E-state index is -0.236. The van der Waals surface area contributed by atoms with E-state index in [-0.39, 0.29) is 11.4 Å². The zero-order valence-corrected chi connectivity index (χ0v) is 13.0. The van der Waals surface area contributed by atoms with Gasteiger partial charge in [0, 0.05) is 19.1 Å². The van der Waals surface area contributed by atoms with E-state index >= 15 is 0 Å². The highest BCUT2D eigenvalue weighted by Crippen LogP contribution is 2.29. The highest BCUT2D eigenvalue weighted by Gasteiger charge is 2.17. The summed E-state index contributed by atoms with van der Waals surface area (Å²) in [6.07, 6.45) is 0.747. The van der Waals surface area contributed by atoms with Gasteiger partial charge in [0.25, 0.3) is 0 Å². The van der Waals surface area contributed by atoms with Crippen molar-refractivity contribution in [3.05, 3.63) is 23.8 Å². The van der Waals surface area contributed by atoms with Crippen LogP contribution in [0.2, 0.25) is 0 Å². The van der Waals surface area contributed by atoms with Crippen molar-refractivity contribution in [2.75, 3.05) is 20.3 Å². The van der Waals surface area contributed by atoms with Gasteiger partial charge in [-0.15, -0.1) is 0 Å². The van der Waals surface area contributed by atoms with Gasteiger partial charge in [-0.2, -0.15) is 0 Å². The Balaban J connectivity index is 2.81. The molecule has 0 atom stereocenters. The second-order valence-electron chi connectivity index (χ2n) is 5.14. The number of hydrogen-bond donors (Lipinski definition) is 2. The van der Waals surface area contributed by atoms with Crippen molar-refractivity contribution in [3.63, 3.8) is 0 Å². The fourth-order valence-electron chi connectivity index (χ4n) is 1.62. The van der Waals surface area contributed by atoms with Crippen molar-refractivity contribution in [1.29, 1.82) is 0 Å². The van der Waals surface area contributed by atoms with Gasteiger partial charge in [0.05, 0.1) is 18.8 Å². The molecule has 6 heteroatoms. The first-order valence-corrected chi connectivity index (χ1v) is 6.86. The first-order valence-electron chi connectivity index (χ1n) is 6.86. The van der Waals surface area contributed by atoms with Gasteiger partial charge in [-0.25, -0.2) is 0 Å². The van der Waals surface area contributed by atoms with E-state index in [9.17, 15) is 0 Å². The number of rotatable bonds is 8. The van der Waals surface area contributed by atoms with Gasteiger partial charge in [-0.3, -0.25) is 0 Å². The van der Waals surface area contributed by atoms with E-state index in [1.807, 2.05) is 20.8 Å². The van der Waals surface area contributed by atoms with Gasteiger partial charge < -0.3 is 25.2 Å². The summed E-state index contributed by atoms with van der Waals surface area (Å²) in [5.41, 5.74) is 5.91. The van der Waals surface area contributed by atoms with Crippen molar-refractivity contribution < 1.29 is 19.4 Å². The lowest BCUT2D eigenvalue weighted by Crippen LogP contribution is -2.25. The predicted octanol–water partition coefficient (Wildman–Crippen LogP) is 2.37. The third-order valence-corrected chi connectivity index (χ3v) is 3.16. The Morgan fingerprint density at radius 1 is 1.29 bits per heavy atom. The lowest BCUT2D eigenvalue weighted by Gasteiger charge is -2.23. The summed E-state index contributed by atoms with van der Waals surface area (Å²) in [5.74, 6) is 1.22. The summed E-state index contributed by atoms with van der Waals surface area (Å²) in [4.78, 5) is 0. The molecule has 0 saturated heterocycles. The SMILES string of the molecule is CCOc1cc(/C(N)=N/O)ccc1OCCC(C)(C)OC. The van der Waals surface area contributed by atoms with Crippen LogP contribution < -0.4 is 15.2 Å². The molecule has 21 heavy (non-hydrogen) atoms. The molecule has 0 radical (unpaired) electrons. The number of oxime groups is 1. The molecule has 0 unspecified atom stereocenters. The molecule has 0 aliphatic heterocycles. The van der Waals surface area contributed by atoms with Crippen LogP contribution in [0.3, 0.4) is 0 Å². The van der Waals surface area contributed by atoms with Crippen LogP contribution in [0.5, 0.6) is 11.5 Å². The zero-order valence-electron chi connectivity index (χ0n) is 13.0. The maximum Gasteiger partial charge on any atom is 0.170 e. The molecule has 1 aromatic rings. The number of methoxy groups -OCH3 is 1. The van der Waals surface area contributed by atoms with Crippen molar-refractivity contribution >= 4 is 5.84 Å². The summed E-state index contributed by atoms with van der Waals surface area (Å²) in [6.45, 7) is 6.89. The summed E-state index contributed by atoms with van der Waals surface area (Å²) in [5, 5.41) is 11.7. The molecule has 0 heterocycles. The zero-order chi connectivity index (χ0) is 15.9. The quantitative estimate of drug-likeness (QED) is 0.333. The first-order chi connectivity index (χ1) is 9.93. The van der Waals surface area contributed by atoms with Crippen LogP contribution in [0.15, 0.2) is 23.4 Å². The lowest BCUT2D eigenvalue weighted by molar-refractivity contribution is 0.00521. The highest BCUT2D eigenvalue weighted by atomic mass is 16.5. The maximum absolute atomic E-state index is 8.71. The molecule has 0 saturated carbocycles. The molecule has 0 aromatic heterocycles. The topological polar surface area (TPSA) is 86.3 Å². The van der Waals surface area contributed by atoms with Crippen LogP contribution in [0, 0.1) is 0 Å². The van der Waals surface area contributed by atoms with Crippen molar-refractivity contribution in [1.82, 2.24) is 0 Å². The molecule has 0 amide bonds. The number of nitrogens with zero attached hydrogens (tertiary/aromatic N) is 1. The van der Waals surface area contributed by atoms with Gasteiger partial charge in [0.2, 0.25) is 0 Å². The second kappa shape index (κ2) is 7.73. The third kappa shape index (κ3) is 5.15. The van der Waals surface area contributed by atoms with Crippen LogP contribution in [-0.4, -0.2) is 37.0 Å². The van der Waals surface area contributed by atoms with E-state index in [1.165, 1.54) is 0 Å². The van der Waals surface area contributed by atoms with Gasteiger partial charge in [-0.1, -0.05) is 5.16 Å². The van der Waals surface area contributed by atoms with E-state index in [4.69, 9.17) is 25.2 Å². The average molecular weight is 296 g/mol. The molecule has 6 nitrogen and oxygen atoms in total. The molecule has 3 N–H and O–H groups in total. The first kappa shape index (κ1) is 17.1. The summed E-state index contributed by atoms with van der Waals surface area (Å²) in [6, 6.07) is 5.15. The standard InChI is InChI=1S/C15H24N2O4/c1-5-20-13-10-11(14(16)17-18)6-7-12(13)21-9-8-15(2,3)19-4/h6-7,10,18H,5,8-9H2,1-4H3,(H2,16,17). The molecular weight excluding hydrogens is 272 g/mol. The van der Waals surface area contributed by atoms with Crippen LogP contribution in [0.25, 0.3) is 0 Å². The lowest BCUT2D eigenvalue weighted by atomic mass is 10.1. The molecule has 0 spiro atoms. The van der Waals surface area contributed by atoms with Crippen molar-refractivity contribution in [3.8, 4) is 11.5 Å². The van der Waals surface area contributed by atoms with E-state index < -0.39 is 0 Å².